The van der Waals surface area contributed by atoms with Crippen LogP contribution in [0.4, 0.5) is 11.4 Å². The first-order valence-corrected chi connectivity index (χ1v) is 9.83. The van der Waals surface area contributed by atoms with Crippen LogP contribution in [0.25, 0.3) is 0 Å². The number of rotatable bonds is 6. The van der Waals surface area contributed by atoms with Gasteiger partial charge in [-0.05, 0) is 43.3 Å². The van der Waals surface area contributed by atoms with Crippen LogP contribution in [-0.4, -0.2) is 36.7 Å². The quantitative estimate of drug-likeness (QED) is 0.536. The van der Waals surface area contributed by atoms with E-state index in [4.69, 9.17) is 27.9 Å². The zero-order valence-corrected chi connectivity index (χ0v) is 17.5. The molecule has 3 rings (SSSR count). The Kier molecular flexibility index (Phi) is 6.74. The second kappa shape index (κ2) is 9.28. The average molecular weight is 449 g/mol. The van der Waals surface area contributed by atoms with Crippen molar-refractivity contribution in [2.75, 3.05) is 23.4 Å². The number of carbonyl (C=O) groups excluding carboxylic acids is 4. The molecule has 9 heteroatoms. The highest BCUT2D eigenvalue weighted by atomic mass is 35.5. The van der Waals surface area contributed by atoms with Gasteiger partial charge in [0, 0.05) is 24.2 Å². The van der Waals surface area contributed by atoms with E-state index in [1.165, 1.54) is 11.8 Å². The van der Waals surface area contributed by atoms with E-state index in [0.717, 1.165) is 0 Å². The lowest BCUT2D eigenvalue weighted by atomic mass is 10.1. The van der Waals surface area contributed by atoms with E-state index in [1.807, 2.05) is 0 Å². The van der Waals surface area contributed by atoms with Gasteiger partial charge in [-0.15, -0.1) is 0 Å². The summed E-state index contributed by atoms with van der Waals surface area (Å²) >= 11 is 12.2. The van der Waals surface area contributed by atoms with Gasteiger partial charge in [0.2, 0.25) is 5.91 Å². The Morgan fingerprint density at radius 2 is 1.83 bits per heavy atom. The molecule has 30 heavy (non-hydrogen) atoms. The van der Waals surface area contributed by atoms with Gasteiger partial charge in [0.15, 0.2) is 12.4 Å². The minimum absolute atomic E-state index is 0.0458. The van der Waals surface area contributed by atoms with Gasteiger partial charge in [-0.3, -0.25) is 19.2 Å². The standard InChI is InChI=1S/C21H18Cl2N2O5/c1-12(26)13-5-7-15(8-6-13)24-18(27)11-30-21(29)14-9-19(28)25(10-14)17-4-2-3-16(22)20(17)23/h2-8,14H,9-11H2,1H3,(H,24,27)/t14-/m0/s1. The number of hydrogen-bond acceptors (Lipinski definition) is 5. The number of ether oxygens (including phenoxy) is 1. The molecule has 0 aromatic heterocycles. The molecule has 0 spiro atoms. The summed E-state index contributed by atoms with van der Waals surface area (Å²) in [5.41, 5.74) is 1.42. The fourth-order valence-electron chi connectivity index (χ4n) is 3.04. The monoisotopic (exact) mass is 448 g/mol. The van der Waals surface area contributed by atoms with Crippen LogP contribution in [0.2, 0.25) is 10.0 Å². The smallest absolute Gasteiger partial charge is 0.311 e. The number of Topliss-reactive ketones (excluding diaryl/α,β-unsaturated/α-hetero) is 1. The maximum atomic E-state index is 12.3. The third kappa shape index (κ3) is 4.98. The summed E-state index contributed by atoms with van der Waals surface area (Å²) in [7, 11) is 0. The lowest BCUT2D eigenvalue weighted by Gasteiger charge is -2.18. The highest BCUT2D eigenvalue weighted by molar-refractivity contribution is 6.44. The third-order valence-corrected chi connectivity index (χ3v) is 5.41. The predicted octanol–water partition coefficient (Wildman–Crippen LogP) is 3.73. The van der Waals surface area contributed by atoms with Gasteiger partial charge in [0.1, 0.15) is 0 Å². The van der Waals surface area contributed by atoms with Crippen LogP contribution in [0.5, 0.6) is 0 Å². The van der Waals surface area contributed by atoms with Crippen molar-refractivity contribution < 1.29 is 23.9 Å². The van der Waals surface area contributed by atoms with E-state index in [0.29, 0.717) is 22.0 Å². The number of anilines is 2. The molecule has 2 amide bonds. The summed E-state index contributed by atoms with van der Waals surface area (Å²) in [4.78, 5) is 49.3. The predicted molar refractivity (Wildman–Crippen MR) is 113 cm³/mol. The molecule has 156 valence electrons. The molecule has 1 heterocycles. The average Bonchev–Trinajstić information content (AvgIpc) is 3.10. The number of esters is 1. The number of benzene rings is 2. The van der Waals surface area contributed by atoms with Crippen molar-refractivity contribution in [1.29, 1.82) is 0 Å². The molecule has 2 aromatic rings. The zero-order chi connectivity index (χ0) is 21.8. The minimum Gasteiger partial charge on any atom is -0.455 e. The first-order valence-electron chi connectivity index (χ1n) is 9.08. The molecule has 1 N–H and O–H groups in total. The second-order valence-corrected chi connectivity index (χ2v) is 7.55. The number of hydrogen-bond donors (Lipinski definition) is 1. The Morgan fingerprint density at radius 1 is 1.13 bits per heavy atom. The molecule has 0 saturated carbocycles. The fourth-order valence-corrected chi connectivity index (χ4v) is 3.44. The largest absolute Gasteiger partial charge is 0.455 e. The molecule has 0 aliphatic carbocycles. The van der Waals surface area contributed by atoms with Gasteiger partial charge in [0.25, 0.3) is 5.91 Å². The van der Waals surface area contributed by atoms with Gasteiger partial charge in [0.05, 0.1) is 21.7 Å². The van der Waals surface area contributed by atoms with Crippen molar-refractivity contribution in [1.82, 2.24) is 0 Å². The zero-order valence-electron chi connectivity index (χ0n) is 16.0. The normalized spacial score (nSPS) is 15.8. The van der Waals surface area contributed by atoms with Gasteiger partial charge >= 0.3 is 5.97 Å². The topological polar surface area (TPSA) is 92.8 Å². The Balaban J connectivity index is 1.53. The molecule has 1 aliphatic rings. The van der Waals surface area contributed by atoms with Crippen molar-refractivity contribution in [2.45, 2.75) is 13.3 Å². The molecule has 7 nitrogen and oxygen atoms in total. The number of ketones is 1. The summed E-state index contributed by atoms with van der Waals surface area (Å²) < 4.78 is 5.07. The summed E-state index contributed by atoms with van der Waals surface area (Å²) in [6.07, 6.45) is -0.0458. The van der Waals surface area contributed by atoms with Crippen molar-refractivity contribution in [3.63, 3.8) is 0 Å². The minimum atomic E-state index is -0.713. The van der Waals surface area contributed by atoms with Crippen LogP contribution in [0.1, 0.15) is 23.7 Å². The molecule has 1 fully saturated rings. The SMILES string of the molecule is CC(=O)c1ccc(NC(=O)COC(=O)[C@H]2CC(=O)N(c3cccc(Cl)c3Cl)C2)cc1. The van der Waals surface area contributed by atoms with Crippen LogP contribution >= 0.6 is 23.2 Å². The number of nitrogens with zero attached hydrogens (tertiary/aromatic N) is 1. The Labute approximate surface area is 182 Å². The molecular weight excluding hydrogens is 431 g/mol. The van der Waals surface area contributed by atoms with E-state index < -0.39 is 24.4 Å². The van der Waals surface area contributed by atoms with E-state index in [-0.39, 0.29) is 29.7 Å². The first kappa shape index (κ1) is 21.8. The highest BCUT2D eigenvalue weighted by Crippen LogP contribution is 2.35. The van der Waals surface area contributed by atoms with Crippen LogP contribution in [0.3, 0.4) is 0 Å². The van der Waals surface area contributed by atoms with Crippen molar-refractivity contribution in [3.05, 3.63) is 58.1 Å². The van der Waals surface area contributed by atoms with Gasteiger partial charge in [-0.2, -0.15) is 0 Å². The Bertz CT molecular complexity index is 1010. The first-order chi connectivity index (χ1) is 14.3. The molecular formula is C21H18Cl2N2O5. The molecule has 0 radical (unpaired) electrons. The Morgan fingerprint density at radius 3 is 2.50 bits per heavy atom. The lowest BCUT2D eigenvalue weighted by Crippen LogP contribution is -2.28. The number of halogens is 2. The summed E-state index contributed by atoms with van der Waals surface area (Å²) in [5.74, 6) is -2.25. The van der Waals surface area contributed by atoms with Crippen molar-refractivity contribution in [2.24, 2.45) is 5.92 Å². The summed E-state index contributed by atoms with van der Waals surface area (Å²) in [6.45, 7) is 1.05. The van der Waals surface area contributed by atoms with Crippen LogP contribution in [0, 0.1) is 5.92 Å². The van der Waals surface area contributed by atoms with E-state index in [1.54, 1.807) is 42.5 Å². The molecule has 1 saturated heterocycles. The number of carbonyl (C=O) groups is 4. The Hall–Kier alpha value is -2.90. The van der Waals surface area contributed by atoms with Crippen molar-refractivity contribution in [3.8, 4) is 0 Å². The number of amides is 2. The van der Waals surface area contributed by atoms with Crippen LogP contribution in [-0.2, 0) is 19.1 Å². The van der Waals surface area contributed by atoms with Gasteiger partial charge in [-0.1, -0.05) is 29.3 Å². The lowest BCUT2D eigenvalue weighted by molar-refractivity contribution is -0.151. The summed E-state index contributed by atoms with van der Waals surface area (Å²) in [6, 6.07) is 11.2. The molecule has 0 unspecified atom stereocenters. The third-order valence-electron chi connectivity index (χ3n) is 4.60. The highest BCUT2D eigenvalue weighted by Gasteiger charge is 2.37. The molecule has 0 bridgehead atoms. The van der Waals surface area contributed by atoms with E-state index >= 15 is 0 Å². The van der Waals surface area contributed by atoms with Gasteiger partial charge < -0.3 is 15.0 Å². The number of nitrogens with one attached hydrogen (secondary N) is 1. The maximum Gasteiger partial charge on any atom is 0.311 e. The van der Waals surface area contributed by atoms with Crippen LogP contribution < -0.4 is 10.2 Å². The maximum absolute atomic E-state index is 12.3. The van der Waals surface area contributed by atoms with E-state index in [9.17, 15) is 19.2 Å². The van der Waals surface area contributed by atoms with E-state index in [2.05, 4.69) is 5.32 Å². The van der Waals surface area contributed by atoms with Gasteiger partial charge in [-0.25, -0.2) is 0 Å². The van der Waals surface area contributed by atoms with Crippen LogP contribution in [0.15, 0.2) is 42.5 Å². The molecule has 1 aliphatic heterocycles. The fraction of sp³-hybridized carbons (Fsp3) is 0.238. The molecule has 2 aromatic carbocycles. The van der Waals surface area contributed by atoms with Crippen molar-refractivity contribution >= 4 is 58.1 Å². The molecule has 1 atom stereocenters. The second-order valence-electron chi connectivity index (χ2n) is 6.77. The summed E-state index contributed by atoms with van der Waals surface area (Å²) in [5, 5.41) is 3.11.